The van der Waals surface area contributed by atoms with Crippen LogP contribution in [0.25, 0.3) is 0 Å². The number of aromatic nitrogens is 2. The molecule has 1 amide bonds. The van der Waals surface area contributed by atoms with E-state index in [1.165, 1.54) is 12.3 Å². The van der Waals surface area contributed by atoms with Crippen LogP contribution in [0.4, 0.5) is 5.95 Å². The highest BCUT2D eigenvalue weighted by molar-refractivity contribution is 6.33. The third kappa shape index (κ3) is 3.74. The van der Waals surface area contributed by atoms with Crippen molar-refractivity contribution in [2.24, 2.45) is 0 Å². The first kappa shape index (κ1) is 17.2. The fourth-order valence-corrected chi connectivity index (χ4v) is 2.86. The summed E-state index contributed by atoms with van der Waals surface area (Å²) in [4.78, 5) is 33.8. The van der Waals surface area contributed by atoms with Crippen molar-refractivity contribution in [1.29, 1.82) is 0 Å². The molecule has 0 unspecified atom stereocenters. The molecule has 3 heterocycles. The Labute approximate surface area is 148 Å². The number of aromatic carboxylic acids is 1. The smallest absolute Gasteiger partial charge is 0.339 e. The minimum absolute atomic E-state index is 0.0341. The minimum atomic E-state index is -1.08. The van der Waals surface area contributed by atoms with Gasteiger partial charge in [0.2, 0.25) is 5.95 Å². The van der Waals surface area contributed by atoms with E-state index in [1.54, 1.807) is 6.92 Å². The largest absolute Gasteiger partial charge is 0.478 e. The van der Waals surface area contributed by atoms with Gasteiger partial charge in [-0.15, -0.1) is 0 Å². The minimum Gasteiger partial charge on any atom is -0.478 e. The summed E-state index contributed by atoms with van der Waals surface area (Å²) in [5, 5.41) is 11.8. The summed E-state index contributed by atoms with van der Waals surface area (Å²) in [6.45, 7) is 3.30. The average Bonchev–Trinajstić information content (AvgIpc) is 3.22. The maximum Gasteiger partial charge on any atom is 0.339 e. The van der Waals surface area contributed by atoms with Crippen LogP contribution in [0.15, 0.2) is 16.7 Å². The van der Waals surface area contributed by atoms with Crippen molar-refractivity contribution in [2.75, 3.05) is 18.0 Å². The summed E-state index contributed by atoms with van der Waals surface area (Å²) < 4.78 is 5.33. The van der Waals surface area contributed by atoms with Gasteiger partial charge in [-0.2, -0.15) is 0 Å². The van der Waals surface area contributed by atoms with E-state index in [-0.39, 0.29) is 28.6 Å². The molecule has 0 aliphatic carbocycles. The number of carbonyl (C=O) groups is 2. The molecule has 0 atom stereocenters. The fraction of sp³-hybridized carbons (Fsp3) is 0.375. The molecule has 1 aliphatic heterocycles. The first-order valence-corrected chi connectivity index (χ1v) is 8.22. The van der Waals surface area contributed by atoms with Crippen LogP contribution in [0.2, 0.25) is 5.02 Å². The van der Waals surface area contributed by atoms with Gasteiger partial charge in [-0.3, -0.25) is 4.79 Å². The molecule has 2 aromatic heterocycles. The standard InChI is InChI=1S/C16H17ClN4O4/c1-9-11(15(23)24)6-10(25-9)7-18-14(22)13-12(17)8-19-16(20-13)21-4-2-3-5-21/h6,8H,2-5,7H2,1H3,(H,18,22)(H,23,24). The first-order valence-electron chi connectivity index (χ1n) is 7.84. The Morgan fingerprint density at radius 3 is 2.76 bits per heavy atom. The monoisotopic (exact) mass is 364 g/mol. The lowest BCUT2D eigenvalue weighted by atomic mass is 10.2. The molecule has 0 bridgehead atoms. The molecular formula is C16H17ClN4O4. The summed E-state index contributed by atoms with van der Waals surface area (Å²) >= 11 is 6.04. The zero-order valence-electron chi connectivity index (χ0n) is 13.6. The predicted molar refractivity (Wildman–Crippen MR) is 90.1 cm³/mol. The average molecular weight is 365 g/mol. The van der Waals surface area contributed by atoms with E-state index in [0.717, 1.165) is 25.9 Å². The number of hydrogen-bond donors (Lipinski definition) is 2. The van der Waals surface area contributed by atoms with Crippen LogP contribution in [0.3, 0.4) is 0 Å². The Hall–Kier alpha value is -2.61. The Kier molecular flexibility index (Phi) is 4.89. The van der Waals surface area contributed by atoms with Crippen molar-refractivity contribution >= 4 is 29.4 Å². The number of halogens is 1. The molecule has 2 N–H and O–H groups in total. The Morgan fingerprint density at radius 1 is 1.40 bits per heavy atom. The van der Waals surface area contributed by atoms with Crippen LogP contribution < -0.4 is 10.2 Å². The number of furan rings is 1. The fourth-order valence-electron chi connectivity index (χ4n) is 2.68. The summed E-state index contributed by atoms with van der Waals surface area (Å²) in [7, 11) is 0. The van der Waals surface area contributed by atoms with Crippen LogP contribution in [0, 0.1) is 6.92 Å². The zero-order chi connectivity index (χ0) is 18.0. The second-order valence-electron chi connectivity index (χ2n) is 5.73. The molecule has 0 saturated carbocycles. The van der Waals surface area contributed by atoms with Gasteiger partial charge in [0.15, 0.2) is 5.69 Å². The molecule has 2 aromatic rings. The van der Waals surface area contributed by atoms with Crippen LogP contribution in [0.5, 0.6) is 0 Å². The molecule has 0 spiro atoms. The molecule has 1 saturated heterocycles. The summed E-state index contributed by atoms with van der Waals surface area (Å²) in [6, 6.07) is 1.38. The van der Waals surface area contributed by atoms with E-state index < -0.39 is 11.9 Å². The van der Waals surface area contributed by atoms with Gasteiger partial charge in [-0.05, 0) is 25.8 Å². The highest BCUT2D eigenvalue weighted by atomic mass is 35.5. The molecule has 3 rings (SSSR count). The van der Waals surface area contributed by atoms with Gasteiger partial charge >= 0.3 is 5.97 Å². The molecule has 0 radical (unpaired) electrons. The Morgan fingerprint density at radius 2 is 2.12 bits per heavy atom. The normalized spacial score (nSPS) is 13.9. The summed E-state index contributed by atoms with van der Waals surface area (Å²) in [6.07, 6.45) is 3.55. The molecule has 132 valence electrons. The molecule has 1 aliphatic rings. The van der Waals surface area contributed by atoms with Crippen molar-refractivity contribution in [1.82, 2.24) is 15.3 Å². The SMILES string of the molecule is Cc1oc(CNC(=O)c2nc(N3CCCC3)ncc2Cl)cc1C(=O)O. The molecule has 0 aromatic carbocycles. The quantitative estimate of drug-likeness (QED) is 0.837. The second-order valence-corrected chi connectivity index (χ2v) is 6.14. The van der Waals surface area contributed by atoms with E-state index in [9.17, 15) is 9.59 Å². The Balaban J connectivity index is 1.71. The maximum atomic E-state index is 12.4. The topological polar surface area (TPSA) is 109 Å². The van der Waals surface area contributed by atoms with Crippen molar-refractivity contribution < 1.29 is 19.1 Å². The van der Waals surface area contributed by atoms with Crippen molar-refractivity contribution in [3.05, 3.63) is 40.1 Å². The molecule has 25 heavy (non-hydrogen) atoms. The van der Waals surface area contributed by atoms with E-state index in [4.69, 9.17) is 21.1 Å². The van der Waals surface area contributed by atoms with Gasteiger partial charge in [0.25, 0.3) is 5.91 Å². The summed E-state index contributed by atoms with van der Waals surface area (Å²) in [5.41, 5.74) is 0.154. The van der Waals surface area contributed by atoms with E-state index >= 15 is 0 Å². The highest BCUT2D eigenvalue weighted by Crippen LogP contribution is 2.20. The van der Waals surface area contributed by atoms with Gasteiger partial charge in [0.05, 0.1) is 17.8 Å². The number of hydrogen-bond acceptors (Lipinski definition) is 6. The number of aryl methyl sites for hydroxylation is 1. The van der Waals surface area contributed by atoms with Crippen LogP contribution in [0.1, 0.15) is 45.2 Å². The van der Waals surface area contributed by atoms with Gasteiger partial charge in [0, 0.05) is 13.1 Å². The molecule has 1 fully saturated rings. The number of nitrogens with one attached hydrogen (secondary N) is 1. The van der Waals surface area contributed by atoms with Gasteiger partial charge in [-0.25, -0.2) is 14.8 Å². The van der Waals surface area contributed by atoms with Crippen LogP contribution >= 0.6 is 11.6 Å². The summed E-state index contributed by atoms with van der Waals surface area (Å²) in [5.74, 6) is -0.443. The van der Waals surface area contributed by atoms with Crippen molar-refractivity contribution in [2.45, 2.75) is 26.3 Å². The van der Waals surface area contributed by atoms with Crippen LogP contribution in [-0.2, 0) is 6.54 Å². The maximum absolute atomic E-state index is 12.4. The van der Waals surface area contributed by atoms with Crippen molar-refractivity contribution in [3.63, 3.8) is 0 Å². The highest BCUT2D eigenvalue weighted by Gasteiger charge is 2.20. The number of rotatable bonds is 5. The van der Waals surface area contributed by atoms with Gasteiger partial charge < -0.3 is 19.7 Å². The van der Waals surface area contributed by atoms with Crippen molar-refractivity contribution in [3.8, 4) is 0 Å². The third-order valence-corrected chi connectivity index (χ3v) is 4.23. The molecular weight excluding hydrogens is 348 g/mol. The van der Waals surface area contributed by atoms with Crippen LogP contribution in [-0.4, -0.2) is 40.0 Å². The number of anilines is 1. The third-order valence-electron chi connectivity index (χ3n) is 3.96. The number of carboxylic acid groups (broad SMARTS) is 1. The van der Waals surface area contributed by atoms with E-state index in [0.29, 0.717) is 11.7 Å². The Bertz CT molecular complexity index is 814. The zero-order valence-corrected chi connectivity index (χ0v) is 14.3. The lowest BCUT2D eigenvalue weighted by molar-refractivity contribution is 0.0694. The first-order chi connectivity index (χ1) is 12.0. The lowest BCUT2D eigenvalue weighted by Gasteiger charge is -2.15. The molecule has 8 nitrogen and oxygen atoms in total. The number of carboxylic acids is 1. The number of carbonyl (C=O) groups excluding carboxylic acids is 1. The second kappa shape index (κ2) is 7.10. The van der Waals surface area contributed by atoms with Gasteiger partial charge in [-0.1, -0.05) is 11.6 Å². The predicted octanol–water partition coefficient (Wildman–Crippen LogP) is 2.26. The number of amides is 1. The number of nitrogens with zero attached hydrogens (tertiary/aromatic N) is 3. The van der Waals surface area contributed by atoms with E-state index in [2.05, 4.69) is 15.3 Å². The molecule has 9 heteroatoms. The van der Waals surface area contributed by atoms with Gasteiger partial charge in [0.1, 0.15) is 17.1 Å². The lowest BCUT2D eigenvalue weighted by Crippen LogP contribution is -2.26. The van der Waals surface area contributed by atoms with E-state index in [1.807, 2.05) is 4.90 Å².